The van der Waals surface area contributed by atoms with Crippen molar-refractivity contribution in [2.75, 3.05) is 18.6 Å². The molecule has 0 aromatic heterocycles. The van der Waals surface area contributed by atoms with Gasteiger partial charge in [-0.2, -0.15) is 11.8 Å². The normalized spacial score (nSPS) is 15.0. The Morgan fingerprint density at radius 1 is 0.947 bits per heavy atom. The second-order valence-electron chi connectivity index (χ2n) is 9.38. The number of nitrogens with one attached hydrogen (secondary N) is 3. The van der Waals surface area contributed by atoms with Crippen molar-refractivity contribution in [2.45, 2.75) is 76.5 Å². The highest BCUT2D eigenvalue weighted by Crippen LogP contribution is 2.14. The van der Waals surface area contributed by atoms with Gasteiger partial charge in [0, 0.05) is 6.42 Å². The lowest BCUT2D eigenvalue weighted by molar-refractivity contribution is -0.142. The predicted molar refractivity (Wildman–Crippen MR) is 149 cm³/mol. The Balaban J connectivity index is 3.11. The number of thioether (sulfide) groups is 1. The molecule has 3 amide bonds. The fourth-order valence-corrected chi connectivity index (χ4v) is 4.18. The maximum atomic E-state index is 13.4. The minimum absolute atomic E-state index is 0.0590. The number of carboxylic acid groups (broad SMARTS) is 1. The molecule has 12 heteroatoms. The van der Waals surface area contributed by atoms with E-state index in [1.165, 1.54) is 23.9 Å². The number of nitrogens with two attached hydrogens (primary N) is 2. The largest absolute Gasteiger partial charge is 0.508 e. The molecule has 0 bridgehead atoms. The molecule has 0 saturated heterocycles. The standard InChI is InChI=1S/C26H43N5O6S/c1-4-16(2)22(25(35)29-20(26(36)37)12-14-38-3)31-24(34)21(15-17-8-10-18(32)11-9-17)30-23(33)19(28)7-5-6-13-27/h8-11,16,19-22,32H,4-7,12-15,27-28H2,1-3H3,(H,29,35)(H,30,33)(H,31,34)(H,36,37). The number of aromatic hydroxyl groups is 1. The maximum Gasteiger partial charge on any atom is 0.326 e. The molecule has 0 heterocycles. The van der Waals surface area contributed by atoms with Crippen LogP contribution in [-0.4, -0.2) is 76.6 Å². The molecule has 214 valence electrons. The molecular weight excluding hydrogens is 510 g/mol. The van der Waals surface area contributed by atoms with E-state index in [0.29, 0.717) is 37.1 Å². The Kier molecular flexibility index (Phi) is 15.4. The number of phenolic OH excluding ortho intramolecular Hbond substituents is 1. The summed E-state index contributed by atoms with van der Waals surface area (Å²) in [5.74, 6) is -2.56. The number of carbonyl (C=O) groups excluding carboxylic acids is 3. The van der Waals surface area contributed by atoms with Crippen molar-refractivity contribution in [1.82, 2.24) is 16.0 Å². The van der Waals surface area contributed by atoms with Gasteiger partial charge >= 0.3 is 5.97 Å². The van der Waals surface area contributed by atoms with Crippen LogP contribution >= 0.6 is 11.8 Å². The average molecular weight is 554 g/mol. The first-order valence-corrected chi connectivity index (χ1v) is 14.3. The monoisotopic (exact) mass is 553 g/mol. The Labute approximate surface area is 228 Å². The van der Waals surface area contributed by atoms with Gasteiger partial charge in [0.2, 0.25) is 17.7 Å². The third-order valence-corrected chi connectivity index (χ3v) is 6.98. The van der Waals surface area contributed by atoms with Gasteiger partial charge in [0.05, 0.1) is 6.04 Å². The number of phenols is 1. The van der Waals surface area contributed by atoms with Crippen LogP contribution in [0, 0.1) is 5.92 Å². The van der Waals surface area contributed by atoms with Crippen LogP contribution in [0.1, 0.15) is 51.5 Å². The smallest absolute Gasteiger partial charge is 0.326 e. The molecule has 0 aliphatic heterocycles. The lowest BCUT2D eigenvalue weighted by Gasteiger charge is -2.28. The molecule has 5 unspecified atom stereocenters. The maximum absolute atomic E-state index is 13.4. The molecule has 1 aromatic carbocycles. The van der Waals surface area contributed by atoms with Crippen LogP contribution in [0.2, 0.25) is 0 Å². The van der Waals surface area contributed by atoms with Crippen LogP contribution in [0.15, 0.2) is 24.3 Å². The van der Waals surface area contributed by atoms with Crippen LogP contribution in [-0.2, 0) is 25.6 Å². The molecule has 11 nitrogen and oxygen atoms in total. The van der Waals surface area contributed by atoms with Gasteiger partial charge in [0.1, 0.15) is 23.9 Å². The molecule has 1 rings (SSSR count). The molecular formula is C26H43N5O6S. The van der Waals surface area contributed by atoms with Gasteiger partial charge in [-0.05, 0) is 61.4 Å². The lowest BCUT2D eigenvalue weighted by atomic mass is 9.96. The summed E-state index contributed by atoms with van der Waals surface area (Å²) in [4.78, 5) is 51.0. The molecule has 0 aliphatic carbocycles. The minimum atomic E-state index is -1.15. The summed E-state index contributed by atoms with van der Waals surface area (Å²) in [5, 5.41) is 27.1. The van der Waals surface area contributed by atoms with E-state index in [1.807, 2.05) is 13.2 Å². The van der Waals surface area contributed by atoms with Crippen molar-refractivity contribution in [3.63, 3.8) is 0 Å². The molecule has 0 spiro atoms. The van der Waals surface area contributed by atoms with E-state index < -0.39 is 47.9 Å². The van der Waals surface area contributed by atoms with E-state index in [4.69, 9.17) is 11.5 Å². The van der Waals surface area contributed by atoms with E-state index in [1.54, 1.807) is 19.1 Å². The van der Waals surface area contributed by atoms with E-state index >= 15 is 0 Å². The third-order valence-electron chi connectivity index (χ3n) is 6.33. The zero-order chi connectivity index (χ0) is 28.7. The quantitative estimate of drug-likeness (QED) is 0.128. The highest BCUT2D eigenvalue weighted by atomic mass is 32.2. The van der Waals surface area contributed by atoms with Gasteiger partial charge in [-0.1, -0.05) is 38.8 Å². The lowest BCUT2D eigenvalue weighted by Crippen LogP contribution is -2.59. The number of carboxylic acids is 1. The van der Waals surface area contributed by atoms with Crippen molar-refractivity contribution in [3.8, 4) is 5.75 Å². The van der Waals surface area contributed by atoms with Gasteiger partial charge in [-0.3, -0.25) is 14.4 Å². The number of rotatable bonds is 18. The molecule has 1 aromatic rings. The van der Waals surface area contributed by atoms with Crippen LogP contribution in [0.25, 0.3) is 0 Å². The second kappa shape index (κ2) is 17.6. The van der Waals surface area contributed by atoms with Gasteiger partial charge < -0.3 is 37.6 Å². The van der Waals surface area contributed by atoms with Gasteiger partial charge in [-0.25, -0.2) is 4.79 Å². The number of benzene rings is 1. The molecule has 5 atom stereocenters. The Hall–Kier alpha value is -2.83. The van der Waals surface area contributed by atoms with E-state index in [0.717, 1.165) is 6.42 Å². The summed E-state index contributed by atoms with van der Waals surface area (Å²) < 4.78 is 0. The molecule has 0 fully saturated rings. The SMILES string of the molecule is CCC(C)C(NC(=O)C(Cc1ccc(O)cc1)NC(=O)C(N)CCCCN)C(=O)NC(CCSC)C(=O)O. The number of unbranched alkanes of at least 4 members (excludes halogenated alkanes) is 1. The Morgan fingerprint density at radius 3 is 2.13 bits per heavy atom. The summed E-state index contributed by atoms with van der Waals surface area (Å²) in [6.45, 7) is 4.12. The van der Waals surface area contributed by atoms with Gasteiger partial charge in [-0.15, -0.1) is 0 Å². The molecule has 0 saturated carbocycles. The van der Waals surface area contributed by atoms with Gasteiger partial charge in [0.25, 0.3) is 0 Å². The number of hydrogen-bond acceptors (Lipinski definition) is 8. The summed E-state index contributed by atoms with van der Waals surface area (Å²) in [6.07, 6.45) is 4.51. The fourth-order valence-electron chi connectivity index (χ4n) is 3.71. The topological polar surface area (TPSA) is 197 Å². The van der Waals surface area contributed by atoms with Crippen molar-refractivity contribution in [1.29, 1.82) is 0 Å². The first kappa shape index (κ1) is 33.2. The van der Waals surface area contributed by atoms with E-state index in [9.17, 15) is 29.4 Å². The molecule has 0 radical (unpaired) electrons. The summed E-state index contributed by atoms with van der Waals surface area (Å²) in [6, 6.07) is 2.22. The third kappa shape index (κ3) is 11.7. The Bertz CT molecular complexity index is 901. The fraction of sp³-hybridized carbons (Fsp3) is 0.615. The number of aliphatic carboxylic acids is 1. The highest BCUT2D eigenvalue weighted by Gasteiger charge is 2.32. The van der Waals surface area contributed by atoms with Gasteiger partial charge in [0.15, 0.2) is 0 Å². The number of carbonyl (C=O) groups is 4. The van der Waals surface area contributed by atoms with Crippen LogP contribution in [0.5, 0.6) is 5.75 Å². The first-order chi connectivity index (χ1) is 18.0. The Morgan fingerprint density at radius 2 is 1.58 bits per heavy atom. The van der Waals surface area contributed by atoms with Crippen LogP contribution < -0.4 is 27.4 Å². The van der Waals surface area contributed by atoms with Crippen molar-refractivity contribution in [3.05, 3.63) is 29.8 Å². The van der Waals surface area contributed by atoms with Crippen LogP contribution in [0.4, 0.5) is 0 Å². The highest BCUT2D eigenvalue weighted by molar-refractivity contribution is 7.98. The minimum Gasteiger partial charge on any atom is -0.508 e. The second-order valence-corrected chi connectivity index (χ2v) is 10.4. The summed E-state index contributed by atoms with van der Waals surface area (Å²) in [5.41, 5.74) is 12.2. The van der Waals surface area contributed by atoms with E-state index in [-0.39, 0.29) is 24.5 Å². The summed E-state index contributed by atoms with van der Waals surface area (Å²) in [7, 11) is 0. The molecule has 9 N–H and O–H groups in total. The average Bonchev–Trinajstić information content (AvgIpc) is 2.89. The van der Waals surface area contributed by atoms with Crippen molar-refractivity contribution in [2.24, 2.45) is 17.4 Å². The van der Waals surface area contributed by atoms with Crippen molar-refractivity contribution >= 4 is 35.5 Å². The molecule has 0 aliphatic rings. The first-order valence-electron chi connectivity index (χ1n) is 12.9. The zero-order valence-corrected chi connectivity index (χ0v) is 23.3. The zero-order valence-electron chi connectivity index (χ0n) is 22.4. The van der Waals surface area contributed by atoms with Crippen molar-refractivity contribution < 1.29 is 29.4 Å². The molecule has 38 heavy (non-hydrogen) atoms. The number of amides is 3. The predicted octanol–water partition coefficient (Wildman–Crippen LogP) is 0.729. The summed E-state index contributed by atoms with van der Waals surface area (Å²) >= 11 is 1.47. The number of hydrogen-bond donors (Lipinski definition) is 7. The van der Waals surface area contributed by atoms with E-state index in [2.05, 4.69) is 16.0 Å². The van der Waals surface area contributed by atoms with Crippen LogP contribution in [0.3, 0.4) is 0 Å².